The molecule has 0 saturated carbocycles. The number of benzene rings is 1. The number of aliphatic hydroxyl groups excluding tert-OH is 1. The minimum Gasteiger partial charge on any atom is -0.393 e. The molecule has 1 N–H and O–H groups in total. The third kappa shape index (κ3) is 2.48. The molecule has 1 heterocycles. The average Bonchev–Trinajstić information content (AvgIpc) is 2.53. The Balaban J connectivity index is 2.63. The van der Waals surface area contributed by atoms with Gasteiger partial charge in [-0.25, -0.2) is 0 Å². The monoisotopic (exact) mass is 251 g/mol. The lowest BCUT2D eigenvalue weighted by Crippen LogP contribution is -2.11. The van der Waals surface area contributed by atoms with Gasteiger partial charge in [-0.1, -0.05) is 17.7 Å². The smallest absolute Gasteiger partial charge is 0.0566 e. The molecule has 0 radical (unpaired) electrons. The van der Waals surface area contributed by atoms with Crippen LogP contribution in [0.25, 0.3) is 10.9 Å². The van der Waals surface area contributed by atoms with Crippen molar-refractivity contribution in [2.24, 2.45) is 0 Å². The van der Waals surface area contributed by atoms with Crippen LogP contribution in [0, 0.1) is 0 Å². The molecular weight excluding hydrogens is 234 g/mol. The van der Waals surface area contributed by atoms with Crippen LogP contribution in [0.5, 0.6) is 0 Å². The predicted molar refractivity (Wildman–Crippen MR) is 72.7 cm³/mol. The van der Waals surface area contributed by atoms with Crippen molar-refractivity contribution in [3.63, 3.8) is 0 Å². The maximum Gasteiger partial charge on any atom is 0.0566 e. The topological polar surface area (TPSA) is 25.2 Å². The van der Waals surface area contributed by atoms with Crippen LogP contribution in [-0.4, -0.2) is 15.8 Å². The molecule has 92 valence electrons. The molecule has 0 aliphatic heterocycles. The van der Waals surface area contributed by atoms with Crippen molar-refractivity contribution >= 4 is 22.5 Å². The van der Waals surface area contributed by atoms with Gasteiger partial charge in [0.2, 0.25) is 0 Å². The zero-order valence-corrected chi connectivity index (χ0v) is 11.2. The maximum atomic E-state index is 9.55. The first-order valence-electron chi connectivity index (χ1n) is 5.96. The highest BCUT2D eigenvalue weighted by molar-refractivity contribution is 6.31. The average molecular weight is 252 g/mol. The van der Waals surface area contributed by atoms with Crippen molar-refractivity contribution in [1.29, 1.82) is 0 Å². The van der Waals surface area contributed by atoms with Gasteiger partial charge in [0.1, 0.15) is 0 Å². The van der Waals surface area contributed by atoms with Gasteiger partial charge in [-0.3, -0.25) is 0 Å². The summed E-state index contributed by atoms with van der Waals surface area (Å²) in [4.78, 5) is 0. The largest absolute Gasteiger partial charge is 0.393 e. The number of aliphatic hydroxyl groups is 1. The summed E-state index contributed by atoms with van der Waals surface area (Å²) in [6, 6.07) is 8.42. The molecule has 1 aromatic carbocycles. The zero-order chi connectivity index (χ0) is 12.6. The van der Waals surface area contributed by atoms with Gasteiger partial charge in [-0.2, -0.15) is 0 Å². The van der Waals surface area contributed by atoms with E-state index in [0.29, 0.717) is 12.5 Å². The molecule has 3 heteroatoms. The lowest BCUT2D eigenvalue weighted by atomic mass is 10.2. The molecule has 0 spiro atoms. The second kappa shape index (κ2) is 4.71. The molecule has 17 heavy (non-hydrogen) atoms. The third-order valence-corrected chi connectivity index (χ3v) is 3.14. The van der Waals surface area contributed by atoms with Crippen LogP contribution in [0.15, 0.2) is 24.3 Å². The highest BCUT2D eigenvalue weighted by atomic mass is 35.5. The van der Waals surface area contributed by atoms with Crippen molar-refractivity contribution in [2.45, 2.75) is 39.3 Å². The maximum absolute atomic E-state index is 9.55. The quantitative estimate of drug-likeness (QED) is 0.882. The fourth-order valence-corrected chi connectivity index (χ4v) is 2.49. The highest BCUT2D eigenvalue weighted by Gasteiger charge is 2.13. The Morgan fingerprint density at radius 3 is 2.53 bits per heavy atom. The van der Waals surface area contributed by atoms with E-state index in [9.17, 15) is 5.11 Å². The molecule has 2 rings (SSSR count). The Hall–Kier alpha value is -0.990. The van der Waals surface area contributed by atoms with E-state index in [0.717, 1.165) is 16.2 Å². The van der Waals surface area contributed by atoms with Gasteiger partial charge in [0.05, 0.1) is 6.10 Å². The molecule has 0 aliphatic carbocycles. The van der Waals surface area contributed by atoms with Gasteiger partial charge in [-0.15, -0.1) is 0 Å². The van der Waals surface area contributed by atoms with E-state index in [1.165, 1.54) is 5.39 Å². The number of nitrogens with zero attached hydrogens (tertiary/aromatic N) is 1. The summed E-state index contributed by atoms with van der Waals surface area (Å²) < 4.78 is 2.24. The van der Waals surface area contributed by atoms with E-state index in [1.54, 1.807) is 0 Å². The van der Waals surface area contributed by atoms with Gasteiger partial charge in [0.25, 0.3) is 0 Å². The first-order valence-corrected chi connectivity index (χ1v) is 6.34. The molecule has 1 unspecified atom stereocenters. The Kier molecular flexibility index (Phi) is 3.45. The summed E-state index contributed by atoms with van der Waals surface area (Å²) >= 11 is 6.05. The summed E-state index contributed by atoms with van der Waals surface area (Å²) in [5.41, 5.74) is 2.30. The molecule has 2 nitrogen and oxygen atoms in total. The van der Waals surface area contributed by atoms with Gasteiger partial charge in [0, 0.05) is 28.7 Å². The van der Waals surface area contributed by atoms with Gasteiger partial charge >= 0.3 is 0 Å². The first kappa shape index (κ1) is 12.5. The Morgan fingerprint density at radius 2 is 1.94 bits per heavy atom. The minimum absolute atomic E-state index is 0.327. The van der Waals surface area contributed by atoms with Crippen LogP contribution in [0.3, 0.4) is 0 Å². The normalized spacial score (nSPS) is 13.5. The number of hydrogen-bond donors (Lipinski definition) is 1. The van der Waals surface area contributed by atoms with Gasteiger partial charge in [0.15, 0.2) is 0 Å². The molecule has 0 fully saturated rings. The van der Waals surface area contributed by atoms with Gasteiger partial charge in [-0.05, 0) is 44.4 Å². The van der Waals surface area contributed by atoms with E-state index >= 15 is 0 Å². The molecule has 1 atom stereocenters. The Morgan fingerprint density at radius 1 is 1.24 bits per heavy atom. The minimum atomic E-state index is -0.327. The van der Waals surface area contributed by atoms with E-state index in [-0.39, 0.29) is 6.10 Å². The van der Waals surface area contributed by atoms with Crippen molar-refractivity contribution < 1.29 is 5.11 Å². The molecule has 2 aromatic rings. The Bertz CT molecular complexity index is 528. The first-order chi connectivity index (χ1) is 7.99. The fraction of sp³-hybridized carbons (Fsp3) is 0.429. The van der Waals surface area contributed by atoms with Crippen molar-refractivity contribution in [2.75, 3.05) is 0 Å². The Labute approximate surface area is 107 Å². The van der Waals surface area contributed by atoms with Crippen LogP contribution in [0.4, 0.5) is 0 Å². The van der Waals surface area contributed by atoms with E-state index in [4.69, 9.17) is 11.6 Å². The number of hydrogen-bond acceptors (Lipinski definition) is 1. The van der Waals surface area contributed by atoms with Crippen LogP contribution in [0.2, 0.25) is 5.02 Å². The molecule has 0 bridgehead atoms. The number of rotatable bonds is 3. The lowest BCUT2D eigenvalue weighted by Gasteiger charge is -2.15. The third-order valence-electron chi connectivity index (χ3n) is 2.90. The van der Waals surface area contributed by atoms with Crippen LogP contribution >= 0.6 is 11.6 Å². The predicted octanol–water partition coefficient (Wildman–Crippen LogP) is 3.80. The SMILES string of the molecule is CC(O)Cc1cc2ccc(Cl)cc2n1C(C)C. The number of halogens is 1. The van der Waals surface area contributed by atoms with E-state index in [2.05, 4.69) is 24.5 Å². The van der Waals surface area contributed by atoms with Crippen molar-refractivity contribution in [1.82, 2.24) is 4.57 Å². The summed E-state index contributed by atoms with van der Waals surface area (Å²) in [5.74, 6) is 0. The zero-order valence-electron chi connectivity index (χ0n) is 10.4. The summed E-state index contributed by atoms with van der Waals surface area (Å²) in [5, 5.41) is 11.5. The number of aromatic nitrogens is 1. The second-order valence-electron chi connectivity index (χ2n) is 4.86. The standard InChI is InChI=1S/C14H18ClNO/c1-9(2)16-13(6-10(3)17)7-11-4-5-12(15)8-14(11)16/h4-5,7-10,17H,6H2,1-3H3. The highest BCUT2D eigenvalue weighted by Crippen LogP contribution is 2.27. The summed E-state index contributed by atoms with van der Waals surface area (Å²) in [6.07, 6.45) is 0.345. The summed E-state index contributed by atoms with van der Waals surface area (Å²) in [7, 11) is 0. The second-order valence-corrected chi connectivity index (χ2v) is 5.29. The summed E-state index contributed by atoms with van der Waals surface area (Å²) in [6.45, 7) is 6.10. The van der Waals surface area contributed by atoms with Crippen LogP contribution in [-0.2, 0) is 6.42 Å². The molecule has 0 aliphatic rings. The lowest BCUT2D eigenvalue weighted by molar-refractivity contribution is 0.192. The van der Waals surface area contributed by atoms with E-state index < -0.39 is 0 Å². The van der Waals surface area contributed by atoms with Crippen molar-refractivity contribution in [3.8, 4) is 0 Å². The van der Waals surface area contributed by atoms with E-state index in [1.807, 2.05) is 25.1 Å². The van der Waals surface area contributed by atoms with Crippen LogP contribution in [0.1, 0.15) is 32.5 Å². The molecule has 0 saturated heterocycles. The molecule has 1 aromatic heterocycles. The molecular formula is C14H18ClNO. The van der Waals surface area contributed by atoms with Crippen molar-refractivity contribution in [3.05, 3.63) is 35.0 Å². The van der Waals surface area contributed by atoms with Gasteiger partial charge < -0.3 is 9.67 Å². The molecule has 0 amide bonds. The van der Waals surface area contributed by atoms with Crippen LogP contribution < -0.4 is 0 Å². The fourth-order valence-electron chi connectivity index (χ4n) is 2.32. The number of fused-ring (bicyclic) bond motifs is 1.